The van der Waals surface area contributed by atoms with E-state index in [0.29, 0.717) is 49.8 Å². The third-order valence-electron chi connectivity index (χ3n) is 6.46. The second-order valence-corrected chi connectivity index (χ2v) is 9.38. The summed E-state index contributed by atoms with van der Waals surface area (Å²) in [5, 5.41) is 3.07. The average Bonchev–Trinajstić information content (AvgIpc) is 2.91. The molecule has 0 saturated carbocycles. The number of nitrogens with zero attached hydrogens (tertiary/aromatic N) is 2. The Hall–Kier alpha value is -3.68. The number of rotatable bonds is 9. The standard InChI is InChI=1S/C30H35N3O4/c1-22-17-23(2)19-26(18-22)33(28(34)21-32-13-15-37-16-14-32)29(25-9-11-27(36-3)12-10-25)30(35)31-20-24-7-5-4-6-8-24/h4-12,17-19,29H,13-16,20-21H2,1-3H3,(H,31,35). The number of hydrogen-bond acceptors (Lipinski definition) is 5. The van der Waals surface area contributed by atoms with Gasteiger partial charge < -0.3 is 14.8 Å². The van der Waals surface area contributed by atoms with Crippen LogP contribution in [0.1, 0.15) is 28.3 Å². The van der Waals surface area contributed by atoms with Crippen molar-refractivity contribution in [3.05, 3.63) is 95.1 Å². The van der Waals surface area contributed by atoms with Crippen LogP contribution in [-0.4, -0.2) is 56.7 Å². The summed E-state index contributed by atoms with van der Waals surface area (Å²) in [6.07, 6.45) is 0. The second kappa shape index (κ2) is 12.5. The number of ether oxygens (including phenoxy) is 2. The molecule has 0 radical (unpaired) electrons. The van der Waals surface area contributed by atoms with Gasteiger partial charge in [0.25, 0.3) is 0 Å². The van der Waals surface area contributed by atoms with Gasteiger partial charge in [-0.15, -0.1) is 0 Å². The Bertz CT molecular complexity index is 1170. The molecule has 3 aromatic rings. The minimum absolute atomic E-state index is 0.137. The predicted molar refractivity (Wildman–Crippen MR) is 145 cm³/mol. The van der Waals surface area contributed by atoms with Crippen molar-refractivity contribution in [1.29, 1.82) is 0 Å². The molecule has 4 rings (SSSR count). The first kappa shape index (κ1) is 26.4. The lowest BCUT2D eigenvalue weighted by Gasteiger charge is -2.34. The fourth-order valence-electron chi connectivity index (χ4n) is 4.64. The number of anilines is 1. The molecule has 1 aliphatic rings. The van der Waals surface area contributed by atoms with Crippen LogP contribution in [0.15, 0.2) is 72.8 Å². The van der Waals surface area contributed by atoms with E-state index in [9.17, 15) is 9.59 Å². The van der Waals surface area contributed by atoms with Gasteiger partial charge in [-0.25, -0.2) is 0 Å². The molecule has 37 heavy (non-hydrogen) atoms. The van der Waals surface area contributed by atoms with Gasteiger partial charge in [-0.1, -0.05) is 48.5 Å². The lowest BCUT2D eigenvalue weighted by Crippen LogP contribution is -2.49. The quantitative estimate of drug-likeness (QED) is 0.479. The van der Waals surface area contributed by atoms with Crippen molar-refractivity contribution in [2.45, 2.75) is 26.4 Å². The number of carbonyl (C=O) groups excluding carboxylic acids is 2. The minimum Gasteiger partial charge on any atom is -0.497 e. The highest BCUT2D eigenvalue weighted by Gasteiger charge is 2.34. The van der Waals surface area contributed by atoms with E-state index in [0.717, 1.165) is 16.7 Å². The molecule has 7 heteroatoms. The number of hydrogen-bond donors (Lipinski definition) is 1. The van der Waals surface area contributed by atoms with Crippen molar-refractivity contribution in [3.8, 4) is 5.75 Å². The Morgan fingerprint density at radius 3 is 2.24 bits per heavy atom. The monoisotopic (exact) mass is 501 g/mol. The lowest BCUT2D eigenvalue weighted by atomic mass is 10.0. The summed E-state index contributed by atoms with van der Waals surface area (Å²) in [6, 6.07) is 22.2. The lowest BCUT2D eigenvalue weighted by molar-refractivity contribution is -0.127. The highest BCUT2D eigenvalue weighted by atomic mass is 16.5. The van der Waals surface area contributed by atoms with Gasteiger partial charge in [-0.3, -0.25) is 19.4 Å². The van der Waals surface area contributed by atoms with E-state index in [4.69, 9.17) is 9.47 Å². The van der Waals surface area contributed by atoms with Gasteiger partial charge >= 0.3 is 0 Å². The van der Waals surface area contributed by atoms with Crippen LogP contribution < -0.4 is 15.0 Å². The number of benzene rings is 3. The molecule has 0 aromatic heterocycles. The fourth-order valence-corrected chi connectivity index (χ4v) is 4.64. The van der Waals surface area contributed by atoms with Crippen molar-refractivity contribution in [2.24, 2.45) is 0 Å². The van der Waals surface area contributed by atoms with E-state index in [1.165, 1.54) is 0 Å². The van der Waals surface area contributed by atoms with E-state index in [1.807, 2.05) is 80.6 Å². The predicted octanol–water partition coefficient (Wildman–Crippen LogP) is 4.03. The Kier molecular flexibility index (Phi) is 8.93. The molecule has 2 amide bonds. The highest BCUT2D eigenvalue weighted by molar-refractivity contribution is 6.02. The van der Waals surface area contributed by atoms with Crippen molar-refractivity contribution >= 4 is 17.5 Å². The summed E-state index contributed by atoms with van der Waals surface area (Å²) in [5.74, 6) is 0.302. The second-order valence-electron chi connectivity index (χ2n) is 9.38. The Balaban J connectivity index is 1.73. The van der Waals surface area contributed by atoms with Crippen LogP contribution in [0.3, 0.4) is 0 Å². The molecule has 1 unspecified atom stereocenters. The third kappa shape index (κ3) is 6.96. The van der Waals surface area contributed by atoms with Crippen molar-refractivity contribution in [1.82, 2.24) is 10.2 Å². The number of aryl methyl sites for hydroxylation is 2. The summed E-state index contributed by atoms with van der Waals surface area (Å²) in [4.78, 5) is 31.6. The molecule has 0 spiro atoms. The van der Waals surface area contributed by atoms with Crippen LogP contribution in [0.4, 0.5) is 5.69 Å². The minimum atomic E-state index is -0.857. The topological polar surface area (TPSA) is 71.1 Å². The van der Waals surface area contributed by atoms with E-state index in [1.54, 1.807) is 12.0 Å². The molecule has 1 atom stereocenters. The highest BCUT2D eigenvalue weighted by Crippen LogP contribution is 2.31. The number of nitrogens with one attached hydrogen (secondary N) is 1. The van der Waals surface area contributed by atoms with Crippen LogP contribution in [0.2, 0.25) is 0 Å². The molecule has 1 fully saturated rings. The molecule has 0 bridgehead atoms. The van der Waals surface area contributed by atoms with Crippen molar-refractivity contribution in [3.63, 3.8) is 0 Å². The van der Waals surface area contributed by atoms with E-state index >= 15 is 0 Å². The van der Waals surface area contributed by atoms with Crippen LogP contribution in [0.5, 0.6) is 5.75 Å². The van der Waals surface area contributed by atoms with Crippen LogP contribution >= 0.6 is 0 Å². The smallest absolute Gasteiger partial charge is 0.248 e. The Morgan fingerprint density at radius 1 is 0.973 bits per heavy atom. The number of methoxy groups -OCH3 is 1. The number of amides is 2. The molecular formula is C30H35N3O4. The van der Waals surface area contributed by atoms with Gasteiger partial charge in [0.1, 0.15) is 11.8 Å². The number of morpholine rings is 1. The molecular weight excluding hydrogens is 466 g/mol. The molecule has 1 aliphatic heterocycles. The van der Waals surface area contributed by atoms with Crippen molar-refractivity contribution in [2.75, 3.05) is 44.9 Å². The van der Waals surface area contributed by atoms with E-state index in [-0.39, 0.29) is 18.4 Å². The maximum atomic E-state index is 14.0. The fraction of sp³-hybridized carbons (Fsp3) is 0.333. The molecule has 1 heterocycles. The SMILES string of the molecule is COc1ccc(C(C(=O)NCc2ccccc2)N(C(=O)CN2CCOCC2)c2cc(C)cc(C)c2)cc1. The average molecular weight is 502 g/mol. The van der Waals surface area contributed by atoms with Crippen LogP contribution in [-0.2, 0) is 20.9 Å². The molecule has 7 nitrogen and oxygen atoms in total. The third-order valence-corrected chi connectivity index (χ3v) is 6.46. The zero-order valence-corrected chi connectivity index (χ0v) is 21.8. The Labute approximate surface area is 219 Å². The van der Waals surface area contributed by atoms with Gasteiger partial charge in [0.05, 0.1) is 26.9 Å². The first-order valence-electron chi connectivity index (χ1n) is 12.6. The van der Waals surface area contributed by atoms with Crippen LogP contribution in [0.25, 0.3) is 0 Å². The summed E-state index contributed by atoms with van der Waals surface area (Å²) >= 11 is 0. The zero-order chi connectivity index (χ0) is 26.2. The maximum absolute atomic E-state index is 14.0. The van der Waals surface area contributed by atoms with E-state index in [2.05, 4.69) is 16.3 Å². The summed E-state index contributed by atoms with van der Waals surface area (Å²) in [7, 11) is 1.60. The molecule has 1 N–H and O–H groups in total. The molecule has 0 aliphatic carbocycles. The molecule has 194 valence electrons. The largest absolute Gasteiger partial charge is 0.497 e. The van der Waals surface area contributed by atoms with Crippen molar-refractivity contribution < 1.29 is 19.1 Å². The molecule has 3 aromatic carbocycles. The van der Waals surface area contributed by atoms with Crippen LogP contribution in [0, 0.1) is 13.8 Å². The molecule has 1 saturated heterocycles. The maximum Gasteiger partial charge on any atom is 0.248 e. The summed E-state index contributed by atoms with van der Waals surface area (Å²) < 4.78 is 10.8. The van der Waals surface area contributed by atoms with Gasteiger partial charge in [0.15, 0.2) is 0 Å². The van der Waals surface area contributed by atoms with Gasteiger partial charge in [-0.05, 0) is 60.4 Å². The summed E-state index contributed by atoms with van der Waals surface area (Å²) in [5.41, 5.74) is 4.45. The first-order valence-corrected chi connectivity index (χ1v) is 12.6. The first-order chi connectivity index (χ1) is 17.9. The number of carbonyl (C=O) groups is 2. The van der Waals surface area contributed by atoms with Gasteiger partial charge in [-0.2, -0.15) is 0 Å². The zero-order valence-electron chi connectivity index (χ0n) is 21.8. The normalized spacial score (nSPS) is 14.6. The van der Waals surface area contributed by atoms with Gasteiger partial charge in [0.2, 0.25) is 11.8 Å². The summed E-state index contributed by atoms with van der Waals surface area (Å²) in [6.45, 7) is 7.11. The van der Waals surface area contributed by atoms with E-state index < -0.39 is 6.04 Å². The van der Waals surface area contributed by atoms with Gasteiger partial charge in [0, 0.05) is 25.3 Å². The Morgan fingerprint density at radius 2 is 1.62 bits per heavy atom.